The molecule has 0 radical (unpaired) electrons. The van der Waals surface area contributed by atoms with Crippen LogP contribution >= 0.6 is 0 Å². The van der Waals surface area contributed by atoms with Crippen molar-refractivity contribution in [3.8, 4) is 0 Å². The van der Waals surface area contributed by atoms with E-state index in [0.29, 0.717) is 18.8 Å². The Balaban J connectivity index is 2.56. The Bertz CT molecular complexity index is 509. The van der Waals surface area contributed by atoms with E-state index in [2.05, 4.69) is 5.32 Å². The molecule has 1 aromatic carbocycles. The molecule has 0 aromatic heterocycles. The maximum absolute atomic E-state index is 11.8. The van der Waals surface area contributed by atoms with Crippen LogP contribution in [0.5, 0.6) is 0 Å². The summed E-state index contributed by atoms with van der Waals surface area (Å²) < 4.78 is 4.95. The van der Waals surface area contributed by atoms with Gasteiger partial charge in [0.1, 0.15) is 0 Å². The van der Waals surface area contributed by atoms with Gasteiger partial charge in [0.25, 0.3) is 5.91 Å². The molecule has 3 amide bonds. The number of benzene rings is 1. The Kier molecular flexibility index (Phi) is 6.19. The minimum absolute atomic E-state index is 0.236. The molecular weight excluding hydrogens is 274 g/mol. The van der Waals surface area contributed by atoms with Gasteiger partial charge in [-0.25, -0.2) is 9.59 Å². The number of anilines is 1. The predicted molar refractivity (Wildman–Crippen MR) is 77.9 cm³/mol. The summed E-state index contributed by atoms with van der Waals surface area (Å²) in [6.45, 7) is 4.56. The highest BCUT2D eigenvalue weighted by molar-refractivity contribution is 5.93. The van der Waals surface area contributed by atoms with Crippen LogP contribution in [0.3, 0.4) is 0 Å². The number of carbonyl (C=O) groups is 3. The van der Waals surface area contributed by atoms with Crippen LogP contribution in [0.4, 0.5) is 10.5 Å². The smallest absolute Gasteiger partial charge is 0.338 e. The first-order valence-electron chi connectivity index (χ1n) is 6.59. The Hall–Kier alpha value is -2.57. The summed E-state index contributed by atoms with van der Waals surface area (Å²) in [5.74, 6) is -0.832. The number of urea groups is 1. The molecule has 7 nitrogen and oxygen atoms in total. The molecule has 0 saturated carbocycles. The number of nitrogens with one attached hydrogen (secondary N) is 1. The molecule has 0 saturated heterocycles. The van der Waals surface area contributed by atoms with E-state index in [1.807, 2.05) is 13.8 Å². The zero-order chi connectivity index (χ0) is 15.8. The van der Waals surface area contributed by atoms with Gasteiger partial charge in [-0.3, -0.25) is 4.79 Å². The molecule has 0 aliphatic carbocycles. The second kappa shape index (κ2) is 7.88. The standard InChI is InChI=1S/C14H19N3O4/c1-3-17(4-2)12(18)9-21-13(19)10-5-7-11(8-6-10)16-14(15)20/h5-8H,3-4,9H2,1-2H3,(H3,15,16,20). The van der Waals surface area contributed by atoms with Crippen LogP contribution in [0, 0.1) is 0 Å². The average Bonchev–Trinajstić information content (AvgIpc) is 2.46. The predicted octanol–water partition coefficient (Wildman–Crippen LogP) is 1.20. The number of carbonyl (C=O) groups excluding carboxylic acids is 3. The van der Waals surface area contributed by atoms with Crippen molar-refractivity contribution in [2.45, 2.75) is 13.8 Å². The Labute approximate surface area is 123 Å². The van der Waals surface area contributed by atoms with E-state index in [-0.39, 0.29) is 18.1 Å². The number of rotatable bonds is 6. The van der Waals surface area contributed by atoms with Crippen molar-refractivity contribution < 1.29 is 19.1 Å². The normalized spacial score (nSPS) is 9.81. The third-order valence-electron chi connectivity index (χ3n) is 2.83. The third kappa shape index (κ3) is 5.13. The number of nitrogens with two attached hydrogens (primary N) is 1. The molecule has 0 aliphatic heterocycles. The number of esters is 1. The molecule has 0 spiro atoms. The van der Waals surface area contributed by atoms with E-state index < -0.39 is 12.0 Å². The molecule has 0 heterocycles. The molecule has 0 bridgehead atoms. The molecule has 0 atom stereocenters. The molecule has 1 aromatic rings. The van der Waals surface area contributed by atoms with Crippen molar-refractivity contribution in [3.05, 3.63) is 29.8 Å². The number of ether oxygens (including phenoxy) is 1. The zero-order valence-corrected chi connectivity index (χ0v) is 12.1. The molecule has 0 aliphatic rings. The minimum Gasteiger partial charge on any atom is -0.452 e. The maximum atomic E-state index is 11.8. The van der Waals surface area contributed by atoms with E-state index in [4.69, 9.17) is 10.5 Å². The lowest BCUT2D eigenvalue weighted by molar-refractivity contribution is -0.134. The zero-order valence-electron chi connectivity index (χ0n) is 12.1. The molecule has 0 fully saturated rings. The Morgan fingerprint density at radius 2 is 1.71 bits per heavy atom. The SMILES string of the molecule is CCN(CC)C(=O)COC(=O)c1ccc(NC(N)=O)cc1. The largest absolute Gasteiger partial charge is 0.452 e. The van der Waals surface area contributed by atoms with Gasteiger partial charge in [0.2, 0.25) is 0 Å². The lowest BCUT2D eigenvalue weighted by Crippen LogP contribution is -2.34. The maximum Gasteiger partial charge on any atom is 0.338 e. The van der Waals surface area contributed by atoms with Crippen molar-refractivity contribution in [1.29, 1.82) is 0 Å². The van der Waals surface area contributed by atoms with Gasteiger partial charge in [0.05, 0.1) is 5.56 Å². The fraction of sp³-hybridized carbons (Fsp3) is 0.357. The molecular formula is C14H19N3O4. The van der Waals surface area contributed by atoms with Gasteiger partial charge in [-0.1, -0.05) is 0 Å². The first-order valence-corrected chi connectivity index (χ1v) is 6.59. The molecule has 114 valence electrons. The summed E-state index contributed by atoms with van der Waals surface area (Å²) in [7, 11) is 0. The summed E-state index contributed by atoms with van der Waals surface area (Å²) in [6.07, 6.45) is 0. The van der Waals surface area contributed by atoms with Gasteiger partial charge >= 0.3 is 12.0 Å². The van der Waals surface area contributed by atoms with Gasteiger partial charge in [-0.05, 0) is 38.1 Å². The van der Waals surface area contributed by atoms with Crippen molar-refractivity contribution >= 4 is 23.6 Å². The molecule has 7 heteroatoms. The van der Waals surface area contributed by atoms with E-state index in [1.54, 1.807) is 4.90 Å². The number of hydrogen-bond acceptors (Lipinski definition) is 4. The monoisotopic (exact) mass is 293 g/mol. The highest BCUT2D eigenvalue weighted by Crippen LogP contribution is 2.10. The van der Waals surface area contributed by atoms with Crippen LogP contribution in [-0.2, 0) is 9.53 Å². The Morgan fingerprint density at radius 3 is 2.19 bits per heavy atom. The van der Waals surface area contributed by atoms with Crippen molar-refractivity contribution in [2.75, 3.05) is 25.0 Å². The van der Waals surface area contributed by atoms with Crippen LogP contribution in [0.2, 0.25) is 0 Å². The van der Waals surface area contributed by atoms with Crippen LogP contribution in [0.25, 0.3) is 0 Å². The lowest BCUT2D eigenvalue weighted by Gasteiger charge is -2.18. The quantitative estimate of drug-likeness (QED) is 0.769. The van der Waals surface area contributed by atoms with Crippen LogP contribution < -0.4 is 11.1 Å². The second-order valence-electron chi connectivity index (χ2n) is 4.21. The third-order valence-corrected chi connectivity index (χ3v) is 2.83. The van der Waals surface area contributed by atoms with Gasteiger partial charge in [0, 0.05) is 18.8 Å². The average molecular weight is 293 g/mol. The summed E-state index contributed by atoms with van der Waals surface area (Å²) in [5.41, 5.74) is 5.73. The van der Waals surface area contributed by atoms with Crippen molar-refractivity contribution in [1.82, 2.24) is 4.90 Å². The Morgan fingerprint density at radius 1 is 1.14 bits per heavy atom. The van der Waals surface area contributed by atoms with E-state index >= 15 is 0 Å². The summed E-state index contributed by atoms with van der Waals surface area (Å²) in [5, 5.41) is 2.38. The molecule has 21 heavy (non-hydrogen) atoms. The summed E-state index contributed by atoms with van der Waals surface area (Å²) in [6, 6.07) is 5.32. The lowest BCUT2D eigenvalue weighted by atomic mass is 10.2. The molecule has 3 N–H and O–H groups in total. The second-order valence-corrected chi connectivity index (χ2v) is 4.21. The number of amides is 3. The van der Waals surface area contributed by atoms with Gasteiger partial charge in [0.15, 0.2) is 6.61 Å². The number of nitrogens with zero attached hydrogens (tertiary/aromatic N) is 1. The molecule has 0 unspecified atom stereocenters. The van der Waals surface area contributed by atoms with Gasteiger partial charge in [-0.15, -0.1) is 0 Å². The summed E-state index contributed by atoms with van der Waals surface area (Å²) in [4.78, 5) is 35.7. The van der Waals surface area contributed by atoms with Gasteiger partial charge < -0.3 is 20.7 Å². The number of likely N-dealkylation sites (N-methyl/N-ethyl adjacent to an activating group) is 1. The van der Waals surface area contributed by atoms with E-state index in [0.717, 1.165) is 0 Å². The topological polar surface area (TPSA) is 102 Å². The number of hydrogen-bond donors (Lipinski definition) is 2. The van der Waals surface area contributed by atoms with Crippen molar-refractivity contribution in [2.24, 2.45) is 5.73 Å². The van der Waals surface area contributed by atoms with Gasteiger partial charge in [-0.2, -0.15) is 0 Å². The fourth-order valence-corrected chi connectivity index (χ4v) is 1.71. The van der Waals surface area contributed by atoms with Crippen LogP contribution in [-0.4, -0.2) is 42.5 Å². The first-order chi connectivity index (χ1) is 9.97. The van der Waals surface area contributed by atoms with E-state index in [1.165, 1.54) is 24.3 Å². The highest BCUT2D eigenvalue weighted by atomic mass is 16.5. The fourth-order valence-electron chi connectivity index (χ4n) is 1.71. The minimum atomic E-state index is -0.685. The van der Waals surface area contributed by atoms with Crippen LogP contribution in [0.15, 0.2) is 24.3 Å². The van der Waals surface area contributed by atoms with E-state index in [9.17, 15) is 14.4 Å². The molecule has 1 rings (SSSR count). The van der Waals surface area contributed by atoms with Crippen LogP contribution in [0.1, 0.15) is 24.2 Å². The highest BCUT2D eigenvalue weighted by Gasteiger charge is 2.13. The van der Waals surface area contributed by atoms with Crippen molar-refractivity contribution in [3.63, 3.8) is 0 Å². The number of primary amides is 1. The summed E-state index contributed by atoms with van der Waals surface area (Å²) >= 11 is 0. The first kappa shape index (κ1) is 16.5.